The molecule has 1 aliphatic heterocycles. The first-order valence-electron chi connectivity index (χ1n) is 8.74. The number of anilines is 1. The van der Waals surface area contributed by atoms with Crippen LogP contribution in [0.2, 0.25) is 0 Å². The lowest BCUT2D eigenvalue weighted by Gasteiger charge is -2.21. The topological polar surface area (TPSA) is 143 Å². The fourth-order valence-electron chi connectivity index (χ4n) is 3.27. The molecule has 152 valence electrons. The lowest BCUT2D eigenvalue weighted by atomic mass is 9.98. The van der Waals surface area contributed by atoms with E-state index in [-0.39, 0.29) is 0 Å². The van der Waals surface area contributed by atoms with Gasteiger partial charge in [-0.25, -0.2) is 19.7 Å². The third kappa shape index (κ3) is 3.43. The summed E-state index contributed by atoms with van der Waals surface area (Å²) >= 11 is 2.24. The summed E-state index contributed by atoms with van der Waals surface area (Å²) in [5.41, 5.74) is -0.0967. The summed E-state index contributed by atoms with van der Waals surface area (Å²) in [6, 6.07) is 8.00. The highest BCUT2D eigenvalue weighted by molar-refractivity contribution is 14.1. The number of nitrogens with zero attached hydrogens (tertiary/aromatic N) is 4. The van der Waals surface area contributed by atoms with Crippen molar-refractivity contribution >= 4 is 45.5 Å². The largest absolute Gasteiger partial charge is 0.479 e. The molecule has 29 heavy (non-hydrogen) atoms. The van der Waals surface area contributed by atoms with Crippen LogP contribution in [0.5, 0.6) is 0 Å². The Morgan fingerprint density at radius 3 is 2.83 bits per heavy atom. The molecule has 0 aliphatic carbocycles. The van der Waals surface area contributed by atoms with Crippen LogP contribution < -0.4 is 5.32 Å². The van der Waals surface area contributed by atoms with Gasteiger partial charge >= 0.3 is 5.97 Å². The second kappa shape index (κ2) is 7.48. The van der Waals surface area contributed by atoms with Crippen LogP contribution >= 0.6 is 22.6 Å². The highest BCUT2D eigenvalue weighted by Crippen LogP contribution is 2.38. The second-order valence-electron chi connectivity index (χ2n) is 6.89. The van der Waals surface area contributed by atoms with Crippen molar-refractivity contribution in [2.75, 3.05) is 5.32 Å². The Hall–Kier alpha value is -2.35. The molecule has 4 atom stereocenters. The minimum absolute atomic E-state index is 0.344. The van der Waals surface area contributed by atoms with Crippen molar-refractivity contribution < 1.29 is 24.9 Å². The number of carboxylic acids is 1. The quantitative estimate of drug-likeness (QED) is 0.371. The minimum Gasteiger partial charge on any atom is -0.479 e. The number of ether oxygens (including phenoxy) is 1. The fourth-order valence-corrected chi connectivity index (χ4v) is 3.88. The van der Waals surface area contributed by atoms with Gasteiger partial charge in [0.15, 0.2) is 28.8 Å². The Morgan fingerprint density at radius 2 is 2.14 bits per heavy atom. The van der Waals surface area contributed by atoms with Gasteiger partial charge in [-0.05, 0) is 47.2 Å². The Morgan fingerprint density at radius 1 is 1.34 bits per heavy atom. The summed E-state index contributed by atoms with van der Waals surface area (Å²) < 4.78 is 8.03. The van der Waals surface area contributed by atoms with Crippen LogP contribution in [-0.2, 0) is 16.1 Å². The number of carboxylic acid groups (broad SMARTS) is 1. The smallest absolute Gasteiger partial charge is 0.338 e. The molecular weight excluding hydrogens is 493 g/mol. The van der Waals surface area contributed by atoms with Crippen molar-refractivity contribution in [2.24, 2.45) is 0 Å². The van der Waals surface area contributed by atoms with Gasteiger partial charge in [-0.15, -0.1) is 0 Å². The maximum atomic E-state index is 11.5. The number of aromatic nitrogens is 4. The van der Waals surface area contributed by atoms with Crippen LogP contribution in [0.4, 0.5) is 5.82 Å². The van der Waals surface area contributed by atoms with Gasteiger partial charge in [0, 0.05) is 10.1 Å². The SMILES string of the molecule is C[C@]1(C(=O)O)O[C@@H](n2cnc3c(NCc4cccc(I)c4)ncnc32)[C@H](O)[C@@H]1O. The molecule has 1 saturated heterocycles. The summed E-state index contributed by atoms with van der Waals surface area (Å²) in [5, 5.41) is 33.1. The number of hydrogen-bond acceptors (Lipinski definition) is 8. The lowest BCUT2D eigenvalue weighted by Crippen LogP contribution is -2.47. The third-order valence-electron chi connectivity index (χ3n) is 4.95. The molecule has 2 aromatic heterocycles. The van der Waals surface area contributed by atoms with Crippen molar-refractivity contribution in [2.45, 2.75) is 37.5 Å². The summed E-state index contributed by atoms with van der Waals surface area (Å²) in [6.45, 7) is 1.74. The Labute approximate surface area is 178 Å². The van der Waals surface area contributed by atoms with Crippen LogP contribution in [0.25, 0.3) is 11.2 Å². The van der Waals surface area contributed by atoms with Crippen LogP contribution in [0.15, 0.2) is 36.9 Å². The predicted octanol–water partition coefficient (Wildman–Crippen LogP) is 1.14. The zero-order chi connectivity index (χ0) is 20.8. The van der Waals surface area contributed by atoms with Gasteiger partial charge in [0.05, 0.1) is 6.33 Å². The zero-order valence-corrected chi connectivity index (χ0v) is 17.4. The number of aliphatic hydroxyl groups excluding tert-OH is 2. The first kappa shape index (κ1) is 19.9. The molecule has 0 amide bonds. The van der Waals surface area contributed by atoms with Gasteiger partial charge in [0.2, 0.25) is 0 Å². The molecule has 1 fully saturated rings. The van der Waals surface area contributed by atoms with E-state index in [2.05, 4.69) is 42.9 Å². The van der Waals surface area contributed by atoms with E-state index < -0.39 is 30.0 Å². The zero-order valence-electron chi connectivity index (χ0n) is 15.2. The number of aliphatic hydroxyl groups is 2. The standard InChI is InChI=1S/C18H18IN5O5/c1-18(17(27)28)13(26)12(25)16(29-18)24-8-23-11-14(21-7-22-15(11)24)20-6-9-3-2-4-10(19)5-9/h2-5,7-8,12-13,16,25-26H,6H2,1H3,(H,27,28)(H,20,21,22)/t12-,13+,16-,18+/m1/s1. The second-order valence-corrected chi connectivity index (χ2v) is 8.13. The summed E-state index contributed by atoms with van der Waals surface area (Å²) in [5.74, 6) is -0.882. The van der Waals surface area contributed by atoms with Crippen LogP contribution in [-0.4, -0.2) is 58.6 Å². The molecule has 1 aliphatic rings. The maximum absolute atomic E-state index is 11.5. The fraction of sp³-hybridized carbons (Fsp3) is 0.333. The molecule has 10 nitrogen and oxygen atoms in total. The van der Waals surface area contributed by atoms with E-state index in [1.165, 1.54) is 24.1 Å². The van der Waals surface area contributed by atoms with Gasteiger partial charge < -0.3 is 25.4 Å². The molecule has 4 rings (SSSR count). The van der Waals surface area contributed by atoms with Crippen LogP contribution in [0, 0.1) is 3.57 Å². The molecule has 11 heteroatoms. The van der Waals surface area contributed by atoms with E-state index in [1.807, 2.05) is 24.3 Å². The van der Waals surface area contributed by atoms with Crippen LogP contribution in [0.3, 0.4) is 0 Å². The molecular formula is C18H18IN5O5. The van der Waals surface area contributed by atoms with E-state index in [4.69, 9.17) is 4.74 Å². The van der Waals surface area contributed by atoms with Crippen molar-refractivity contribution in [1.82, 2.24) is 19.5 Å². The maximum Gasteiger partial charge on any atom is 0.338 e. The van der Waals surface area contributed by atoms with Crippen molar-refractivity contribution in [3.8, 4) is 0 Å². The molecule has 0 spiro atoms. The summed E-state index contributed by atoms with van der Waals surface area (Å²) in [6.07, 6.45) is -1.51. The molecule has 4 N–H and O–H groups in total. The Kier molecular flexibility index (Phi) is 5.14. The number of hydrogen-bond donors (Lipinski definition) is 4. The van der Waals surface area contributed by atoms with E-state index in [9.17, 15) is 20.1 Å². The Balaban J connectivity index is 1.63. The normalized spacial score (nSPS) is 26.7. The van der Waals surface area contributed by atoms with Crippen molar-refractivity contribution in [3.63, 3.8) is 0 Å². The third-order valence-corrected chi connectivity index (χ3v) is 5.62. The van der Waals surface area contributed by atoms with Gasteiger partial charge in [-0.1, -0.05) is 12.1 Å². The molecule has 0 unspecified atom stereocenters. The van der Waals surface area contributed by atoms with Gasteiger partial charge in [0.25, 0.3) is 0 Å². The Bertz CT molecular complexity index is 1080. The number of fused-ring (bicyclic) bond motifs is 1. The van der Waals surface area contributed by atoms with Crippen molar-refractivity contribution in [3.05, 3.63) is 46.1 Å². The number of benzene rings is 1. The first-order chi connectivity index (χ1) is 13.8. The number of nitrogens with one attached hydrogen (secondary N) is 1. The highest BCUT2D eigenvalue weighted by atomic mass is 127. The average Bonchev–Trinajstić information content (AvgIpc) is 3.22. The number of carbonyl (C=O) groups is 1. The summed E-state index contributed by atoms with van der Waals surface area (Å²) in [7, 11) is 0. The first-order valence-corrected chi connectivity index (χ1v) is 9.82. The molecule has 3 heterocycles. The highest BCUT2D eigenvalue weighted by Gasteiger charge is 2.57. The summed E-state index contributed by atoms with van der Waals surface area (Å²) in [4.78, 5) is 24.2. The number of halogens is 1. The molecule has 3 aromatic rings. The van der Waals surface area contributed by atoms with E-state index >= 15 is 0 Å². The van der Waals surface area contributed by atoms with Gasteiger partial charge in [-0.3, -0.25) is 4.57 Å². The van der Waals surface area contributed by atoms with Crippen molar-refractivity contribution in [1.29, 1.82) is 0 Å². The molecule has 1 aromatic carbocycles. The molecule has 0 radical (unpaired) electrons. The number of imidazole rings is 1. The van der Waals surface area contributed by atoms with E-state index in [0.717, 1.165) is 9.13 Å². The van der Waals surface area contributed by atoms with Crippen LogP contribution in [0.1, 0.15) is 18.7 Å². The monoisotopic (exact) mass is 511 g/mol. The molecule has 0 bridgehead atoms. The minimum atomic E-state index is -1.95. The van der Waals surface area contributed by atoms with E-state index in [0.29, 0.717) is 23.5 Å². The van der Waals surface area contributed by atoms with Gasteiger partial charge in [0.1, 0.15) is 18.5 Å². The number of rotatable bonds is 5. The average molecular weight is 511 g/mol. The predicted molar refractivity (Wildman–Crippen MR) is 110 cm³/mol. The van der Waals surface area contributed by atoms with E-state index in [1.54, 1.807) is 0 Å². The number of aliphatic carboxylic acids is 1. The van der Waals surface area contributed by atoms with Gasteiger partial charge in [-0.2, -0.15) is 0 Å². The lowest BCUT2D eigenvalue weighted by molar-refractivity contribution is -0.173. The molecule has 0 saturated carbocycles.